The van der Waals surface area contributed by atoms with Crippen molar-refractivity contribution < 1.29 is 13.9 Å². The van der Waals surface area contributed by atoms with E-state index in [1.165, 1.54) is 11.3 Å². The minimum absolute atomic E-state index is 0.116. The van der Waals surface area contributed by atoms with Crippen LogP contribution in [0.2, 0.25) is 0 Å². The van der Waals surface area contributed by atoms with Crippen molar-refractivity contribution in [3.63, 3.8) is 0 Å². The maximum Gasteiger partial charge on any atom is 0.358 e. The van der Waals surface area contributed by atoms with Gasteiger partial charge in [0.2, 0.25) is 5.89 Å². The molecule has 0 aliphatic rings. The van der Waals surface area contributed by atoms with Gasteiger partial charge in [-0.1, -0.05) is 22.0 Å². The third-order valence-electron chi connectivity index (χ3n) is 3.00. The Morgan fingerprint density at radius 1 is 1.36 bits per heavy atom. The highest BCUT2D eigenvalue weighted by Crippen LogP contribution is 2.21. The van der Waals surface area contributed by atoms with Gasteiger partial charge < -0.3 is 14.5 Å². The summed E-state index contributed by atoms with van der Waals surface area (Å²) in [5, 5.41) is 13.1. The molecule has 2 heterocycles. The van der Waals surface area contributed by atoms with Crippen LogP contribution < -0.4 is 5.32 Å². The first-order valence-electron chi connectivity index (χ1n) is 7.21. The number of rotatable bonds is 7. The number of carbonyl (C=O) groups is 1. The molecule has 0 fully saturated rings. The minimum Gasteiger partial charge on any atom is -0.451 e. The molecule has 1 N–H and O–H groups in total. The van der Waals surface area contributed by atoms with E-state index in [0.29, 0.717) is 17.6 Å². The lowest BCUT2D eigenvalue weighted by Crippen LogP contribution is -2.06. The zero-order valence-corrected chi connectivity index (χ0v) is 15.3. The summed E-state index contributed by atoms with van der Waals surface area (Å²) in [5.41, 5.74) is 1.01. The number of hydrogen-bond donors (Lipinski definition) is 1. The Morgan fingerprint density at radius 3 is 2.92 bits per heavy atom. The average Bonchev–Trinajstić information content (AvgIpc) is 3.28. The van der Waals surface area contributed by atoms with Crippen LogP contribution in [0, 0.1) is 0 Å². The van der Waals surface area contributed by atoms with Gasteiger partial charge in [-0.05, 0) is 24.3 Å². The van der Waals surface area contributed by atoms with Gasteiger partial charge in [0.1, 0.15) is 0 Å². The second-order valence-electron chi connectivity index (χ2n) is 4.79. The minimum atomic E-state index is -0.550. The molecule has 128 valence electrons. The maximum absolute atomic E-state index is 12.0. The molecule has 0 spiro atoms. The summed E-state index contributed by atoms with van der Waals surface area (Å²) in [6.45, 7) is 4.06. The van der Waals surface area contributed by atoms with Crippen molar-refractivity contribution in [1.82, 2.24) is 15.2 Å². The first kappa shape index (κ1) is 17.3. The fraction of sp³-hybridized carbons (Fsp3) is 0.125. The van der Waals surface area contributed by atoms with Crippen LogP contribution in [0.15, 0.2) is 51.2 Å². The second kappa shape index (κ2) is 8.04. The predicted octanol–water partition coefficient (Wildman–Crippen LogP) is 3.91. The molecule has 0 aliphatic carbocycles. The summed E-state index contributed by atoms with van der Waals surface area (Å²) in [4.78, 5) is 16.1. The summed E-state index contributed by atoms with van der Waals surface area (Å²) in [6.07, 6.45) is 1.71. The van der Waals surface area contributed by atoms with Gasteiger partial charge in [0.25, 0.3) is 5.89 Å². The molecule has 0 radical (unpaired) electrons. The van der Waals surface area contributed by atoms with Crippen LogP contribution in [0.1, 0.15) is 16.4 Å². The molecule has 1 aromatic carbocycles. The van der Waals surface area contributed by atoms with Crippen molar-refractivity contribution in [2.75, 3.05) is 11.9 Å². The highest BCUT2D eigenvalue weighted by Gasteiger charge is 2.15. The van der Waals surface area contributed by atoms with Crippen molar-refractivity contribution in [1.29, 1.82) is 0 Å². The molecule has 2 aromatic heterocycles. The molecule has 0 aliphatic heterocycles. The summed E-state index contributed by atoms with van der Waals surface area (Å²) in [5.74, 6) is 0.0286. The summed E-state index contributed by atoms with van der Waals surface area (Å²) < 4.78 is 11.6. The van der Waals surface area contributed by atoms with E-state index in [2.05, 4.69) is 43.0 Å². The largest absolute Gasteiger partial charge is 0.451 e. The third-order valence-corrected chi connectivity index (χ3v) is 4.32. The molecule has 0 unspecified atom stereocenters. The van der Waals surface area contributed by atoms with Gasteiger partial charge in [0, 0.05) is 22.0 Å². The van der Waals surface area contributed by atoms with Gasteiger partial charge in [-0.3, -0.25) is 0 Å². The Hall–Kier alpha value is -2.52. The number of benzene rings is 1. The standard InChI is InChI=1S/C16H13BrN4O3S/c1-2-7-18-16-19-12(9-25-16)15(22)23-8-13-20-21-14(24-13)10-3-5-11(17)6-4-10/h2-6,9H,1,7-8H2,(H,18,19). The molecular weight excluding hydrogens is 408 g/mol. The van der Waals surface area contributed by atoms with E-state index in [0.717, 1.165) is 10.0 Å². The smallest absolute Gasteiger partial charge is 0.358 e. The molecule has 9 heteroatoms. The van der Waals surface area contributed by atoms with E-state index in [1.54, 1.807) is 11.5 Å². The highest BCUT2D eigenvalue weighted by atomic mass is 79.9. The third kappa shape index (κ3) is 4.52. The Labute approximate surface area is 155 Å². The summed E-state index contributed by atoms with van der Waals surface area (Å²) >= 11 is 4.68. The van der Waals surface area contributed by atoms with Crippen LogP contribution in [0.5, 0.6) is 0 Å². The number of thiazole rings is 1. The van der Waals surface area contributed by atoms with Gasteiger partial charge in [-0.15, -0.1) is 28.1 Å². The maximum atomic E-state index is 12.0. The van der Waals surface area contributed by atoms with Crippen LogP contribution in [0.3, 0.4) is 0 Å². The van der Waals surface area contributed by atoms with Crippen LogP contribution in [-0.2, 0) is 11.3 Å². The van der Waals surface area contributed by atoms with E-state index in [-0.39, 0.29) is 18.2 Å². The lowest BCUT2D eigenvalue weighted by atomic mass is 10.2. The number of nitrogens with zero attached hydrogens (tertiary/aromatic N) is 3. The van der Waals surface area contributed by atoms with E-state index in [9.17, 15) is 4.79 Å². The van der Waals surface area contributed by atoms with Crippen LogP contribution in [0.4, 0.5) is 5.13 Å². The predicted molar refractivity (Wildman–Crippen MR) is 97.4 cm³/mol. The molecule has 25 heavy (non-hydrogen) atoms. The fourth-order valence-corrected chi connectivity index (χ4v) is 2.78. The lowest BCUT2D eigenvalue weighted by molar-refractivity contribution is 0.0433. The number of nitrogens with one attached hydrogen (secondary N) is 1. The first-order chi connectivity index (χ1) is 12.2. The van der Waals surface area contributed by atoms with E-state index >= 15 is 0 Å². The zero-order chi connectivity index (χ0) is 17.6. The van der Waals surface area contributed by atoms with Crippen molar-refractivity contribution in [2.45, 2.75) is 6.61 Å². The van der Waals surface area contributed by atoms with Gasteiger partial charge in [-0.25, -0.2) is 9.78 Å². The van der Waals surface area contributed by atoms with Gasteiger partial charge in [0.15, 0.2) is 17.4 Å². The van der Waals surface area contributed by atoms with E-state index in [1.807, 2.05) is 24.3 Å². The number of ether oxygens (including phenoxy) is 1. The normalized spacial score (nSPS) is 10.4. The number of carbonyl (C=O) groups excluding carboxylic acids is 1. The molecule has 0 amide bonds. The molecule has 0 atom stereocenters. The van der Waals surface area contributed by atoms with Crippen molar-refractivity contribution >= 4 is 38.4 Å². The fourth-order valence-electron chi connectivity index (χ4n) is 1.83. The quantitative estimate of drug-likeness (QED) is 0.457. The van der Waals surface area contributed by atoms with Gasteiger partial charge in [-0.2, -0.15) is 0 Å². The number of anilines is 1. The molecule has 0 saturated carbocycles. The molecule has 0 saturated heterocycles. The SMILES string of the molecule is C=CCNc1nc(C(=O)OCc2nnc(-c3ccc(Br)cc3)o2)cs1. The zero-order valence-electron chi connectivity index (χ0n) is 12.9. The Kier molecular flexibility index (Phi) is 5.56. The monoisotopic (exact) mass is 420 g/mol. The van der Waals surface area contributed by atoms with Crippen molar-refractivity contribution in [3.8, 4) is 11.5 Å². The Morgan fingerprint density at radius 2 is 2.16 bits per heavy atom. The number of hydrogen-bond acceptors (Lipinski definition) is 8. The average molecular weight is 421 g/mol. The van der Waals surface area contributed by atoms with Crippen molar-refractivity contribution in [3.05, 3.63) is 58.4 Å². The number of esters is 1. The summed E-state index contributed by atoms with van der Waals surface area (Å²) in [7, 11) is 0. The Bertz CT molecular complexity index is 876. The molecule has 7 nitrogen and oxygen atoms in total. The van der Waals surface area contributed by atoms with Gasteiger partial charge in [0.05, 0.1) is 0 Å². The van der Waals surface area contributed by atoms with Crippen LogP contribution in [0.25, 0.3) is 11.5 Å². The molecule has 3 aromatic rings. The van der Waals surface area contributed by atoms with Crippen molar-refractivity contribution in [2.24, 2.45) is 0 Å². The summed E-state index contributed by atoms with van der Waals surface area (Å²) in [6, 6.07) is 7.44. The Balaban J connectivity index is 1.58. The van der Waals surface area contributed by atoms with E-state index < -0.39 is 5.97 Å². The number of halogens is 1. The highest BCUT2D eigenvalue weighted by molar-refractivity contribution is 9.10. The molecule has 0 bridgehead atoms. The molecular formula is C16H13BrN4O3S. The van der Waals surface area contributed by atoms with Crippen LogP contribution >= 0.6 is 27.3 Å². The van der Waals surface area contributed by atoms with Gasteiger partial charge >= 0.3 is 5.97 Å². The topological polar surface area (TPSA) is 90.1 Å². The molecule has 3 rings (SSSR count). The number of aromatic nitrogens is 3. The van der Waals surface area contributed by atoms with E-state index in [4.69, 9.17) is 9.15 Å². The lowest BCUT2D eigenvalue weighted by Gasteiger charge is -1.99. The van der Waals surface area contributed by atoms with Crippen LogP contribution in [-0.4, -0.2) is 27.7 Å². The first-order valence-corrected chi connectivity index (χ1v) is 8.88. The second-order valence-corrected chi connectivity index (χ2v) is 6.57.